The zero-order chi connectivity index (χ0) is 25.8. The summed E-state index contributed by atoms with van der Waals surface area (Å²) in [6.07, 6.45) is 3.64. The SMILES string of the molecule is CCCCN(CC)S(=O)(=O)c1ccc(C(=O)N=c2sc3cc(S(C)(=O)=O)ccc3n2CCC)cc1. The molecular weight excluding hydrogens is 506 g/mol. The van der Waals surface area contributed by atoms with Gasteiger partial charge in [-0.1, -0.05) is 38.5 Å². The van der Waals surface area contributed by atoms with Crippen molar-refractivity contribution in [2.24, 2.45) is 4.99 Å². The van der Waals surface area contributed by atoms with E-state index in [-0.39, 0.29) is 15.4 Å². The first-order valence-corrected chi connectivity index (χ1v) is 15.7. The molecule has 2 aromatic carbocycles. The van der Waals surface area contributed by atoms with Crippen molar-refractivity contribution >= 4 is 47.3 Å². The highest BCUT2D eigenvalue weighted by Crippen LogP contribution is 2.23. The third kappa shape index (κ3) is 6.08. The van der Waals surface area contributed by atoms with Gasteiger partial charge in [-0.2, -0.15) is 9.30 Å². The molecule has 0 N–H and O–H groups in total. The Morgan fingerprint density at radius 3 is 2.20 bits per heavy atom. The topological polar surface area (TPSA) is 106 Å². The Hall–Kier alpha value is -2.34. The molecule has 0 aliphatic carbocycles. The van der Waals surface area contributed by atoms with E-state index in [1.165, 1.54) is 39.9 Å². The Labute approximate surface area is 210 Å². The van der Waals surface area contributed by atoms with Crippen molar-refractivity contribution in [3.05, 3.63) is 52.8 Å². The van der Waals surface area contributed by atoms with E-state index in [0.717, 1.165) is 35.7 Å². The molecule has 0 saturated heterocycles. The standard InChI is InChI=1S/C24H31N3O5S3/c1-5-8-16-26(7-3)35(31,32)19-11-9-18(10-12-19)23(28)25-24-27(15-6-2)21-14-13-20(34(4,29)30)17-22(21)33-24/h9-14,17H,5-8,15-16H2,1-4H3. The lowest BCUT2D eigenvalue weighted by molar-refractivity contribution is 0.0997. The molecule has 11 heteroatoms. The lowest BCUT2D eigenvalue weighted by Crippen LogP contribution is -2.31. The molecule has 0 atom stereocenters. The van der Waals surface area contributed by atoms with Gasteiger partial charge in [0.05, 0.1) is 20.0 Å². The summed E-state index contributed by atoms with van der Waals surface area (Å²) in [7, 11) is -6.99. The van der Waals surface area contributed by atoms with Crippen LogP contribution in [0.5, 0.6) is 0 Å². The van der Waals surface area contributed by atoms with Crippen LogP contribution in [-0.2, 0) is 26.4 Å². The maximum atomic E-state index is 12.9. The minimum Gasteiger partial charge on any atom is -0.316 e. The van der Waals surface area contributed by atoms with Gasteiger partial charge < -0.3 is 4.57 Å². The molecule has 35 heavy (non-hydrogen) atoms. The van der Waals surface area contributed by atoms with Crippen molar-refractivity contribution in [2.45, 2.75) is 56.4 Å². The van der Waals surface area contributed by atoms with Crippen molar-refractivity contribution < 1.29 is 21.6 Å². The highest BCUT2D eigenvalue weighted by Gasteiger charge is 2.23. The number of aryl methyl sites for hydroxylation is 1. The fourth-order valence-corrected chi connectivity index (χ4v) is 6.96. The van der Waals surface area contributed by atoms with Crippen LogP contribution >= 0.6 is 11.3 Å². The molecule has 190 valence electrons. The summed E-state index contributed by atoms with van der Waals surface area (Å²) in [5.41, 5.74) is 1.09. The number of benzene rings is 2. The van der Waals surface area contributed by atoms with E-state index in [9.17, 15) is 21.6 Å². The van der Waals surface area contributed by atoms with Crippen LogP contribution in [0.25, 0.3) is 10.2 Å². The molecule has 1 aromatic heterocycles. The zero-order valence-electron chi connectivity index (χ0n) is 20.4. The van der Waals surface area contributed by atoms with Gasteiger partial charge in [-0.15, -0.1) is 0 Å². The molecule has 3 aromatic rings. The minimum absolute atomic E-state index is 0.142. The van der Waals surface area contributed by atoms with Crippen LogP contribution in [0.1, 0.15) is 50.4 Å². The van der Waals surface area contributed by atoms with E-state index >= 15 is 0 Å². The van der Waals surface area contributed by atoms with Crippen LogP contribution in [0.2, 0.25) is 0 Å². The Morgan fingerprint density at radius 2 is 1.63 bits per heavy atom. The van der Waals surface area contributed by atoms with Gasteiger partial charge in [0.1, 0.15) is 0 Å². The maximum absolute atomic E-state index is 12.9. The molecular formula is C24H31N3O5S3. The first-order chi connectivity index (χ1) is 16.5. The number of sulfone groups is 1. The highest BCUT2D eigenvalue weighted by molar-refractivity contribution is 7.90. The Balaban J connectivity index is 1.97. The predicted octanol–water partition coefficient (Wildman–Crippen LogP) is 4.07. The number of aromatic nitrogens is 1. The fourth-order valence-electron chi connectivity index (χ4n) is 3.66. The van der Waals surface area contributed by atoms with Gasteiger partial charge in [0.25, 0.3) is 5.91 Å². The number of hydrogen-bond acceptors (Lipinski definition) is 6. The number of unbranched alkanes of at least 4 members (excludes halogenated alkanes) is 1. The number of sulfonamides is 1. The molecule has 8 nitrogen and oxygen atoms in total. The quantitative estimate of drug-likeness (QED) is 0.388. The first kappa shape index (κ1) is 27.3. The van der Waals surface area contributed by atoms with Gasteiger partial charge in [0, 0.05) is 31.5 Å². The van der Waals surface area contributed by atoms with Crippen LogP contribution in [0, 0.1) is 0 Å². The summed E-state index contributed by atoms with van der Waals surface area (Å²) in [4.78, 5) is 18.0. The molecule has 0 fully saturated rings. The molecule has 0 aliphatic rings. The van der Waals surface area contributed by atoms with Crippen LogP contribution in [0.15, 0.2) is 57.2 Å². The van der Waals surface area contributed by atoms with Gasteiger partial charge in [-0.25, -0.2) is 16.8 Å². The number of nitrogens with zero attached hydrogens (tertiary/aromatic N) is 3. The van der Waals surface area contributed by atoms with Crippen molar-refractivity contribution in [1.29, 1.82) is 0 Å². The van der Waals surface area contributed by atoms with Crippen molar-refractivity contribution in [3.8, 4) is 0 Å². The molecule has 1 amide bonds. The van der Waals surface area contributed by atoms with E-state index in [2.05, 4.69) is 4.99 Å². The van der Waals surface area contributed by atoms with E-state index in [0.29, 0.717) is 24.4 Å². The van der Waals surface area contributed by atoms with Gasteiger partial charge in [0.15, 0.2) is 14.6 Å². The number of amides is 1. The summed E-state index contributed by atoms with van der Waals surface area (Å²) in [6.45, 7) is 7.27. The number of carbonyl (C=O) groups excluding carboxylic acids is 1. The van der Waals surface area contributed by atoms with Gasteiger partial charge in [-0.05, 0) is 55.3 Å². The summed E-state index contributed by atoms with van der Waals surface area (Å²) in [5, 5.41) is 0. The molecule has 0 saturated carbocycles. The van der Waals surface area contributed by atoms with E-state index in [4.69, 9.17) is 0 Å². The van der Waals surface area contributed by atoms with Crippen LogP contribution in [0.3, 0.4) is 0 Å². The molecule has 1 heterocycles. The number of thiazole rings is 1. The smallest absolute Gasteiger partial charge is 0.279 e. The second kappa shape index (κ2) is 11.2. The Bertz CT molecular complexity index is 1490. The molecule has 0 radical (unpaired) electrons. The van der Waals surface area contributed by atoms with Crippen LogP contribution in [0.4, 0.5) is 0 Å². The van der Waals surface area contributed by atoms with E-state index in [1.807, 2.05) is 18.4 Å². The second-order valence-electron chi connectivity index (χ2n) is 8.23. The Kier molecular flexibility index (Phi) is 8.68. The summed E-state index contributed by atoms with van der Waals surface area (Å²) in [5.74, 6) is -0.493. The summed E-state index contributed by atoms with van der Waals surface area (Å²) in [6, 6.07) is 10.7. The van der Waals surface area contributed by atoms with E-state index in [1.54, 1.807) is 25.1 Å². The summed E-state index contributed by atoms with van der Waals surface area (Å²) < 4.78 is 53.8. The van der Waals surface area contributed by atoms with Crippen LogP contribution in [-0.4, -0.2) is 51.0 Å². The number of hydrogen-bond donors (Lipinski definition) is 0. The normalized spacial score (nSPS) is 13.1. The van der Waals surface area contributed by atoms with Crippen molar-refractivity contribution in [3.63, 3.8) is 0 Å². The molecule has 0 bridgehead atoms. The largest absolute Gasteiger partial charge is 0.316 e. The second-order valence-corrected chi connectivity index (χ2v) is 13.2. The monoisotopic (exact) mass is 537 g/mol. The molecule has 3 rings (SSSR count). The lowest BCUT2D eigenvalue weighted by atomic mass is 10.2. The van der Waals surface area contributed by atoms with Crippen molar-refractivity contribution in [2.75, 3.05) is 19.3 Å². The third-order valence-corrected chi connectivity index (χ3v) is 9.72. The van der Waals surface area contributed by atoms with E-state index < -0.39 is 25.8 Å². The number of rotatable bonds is 10. The Morgan fingerprint density at radius 1 is 0.971 bits per heavy atom. The van der Waals surface area contributed by atoms with Crippen molar-refractivity contribution in [1.82, 2.24) is 8.87 Å². The van der Waals surface area contributed by atoms with Gasteiger partial charge >= 0.3 is 0 Å². The van der Waals surface area contributed by atoms with Crippen LogP contribution < -0.4 is 4.80 Å². The lowest BCUT2D eigenvalue weighted by Gasteiger charge is -2.20. The minimum atomic E-state index is -3.63. The number of carbonyl (C=O) groups is 1. The average Bonchev–Trinajstić information content (AvgIpc) is 3.15. The van der Waals surface area contributed by atoms with Gasteiger partial charge in [0.2, 0.25) is 10.0 Å². The molecule has 0 spiro atoms. The zero-order valence-corrected chi connectivity index (χ0v) is 22.8. The predicted molar refractivity (Wildman–Crippen MR) is 139 cm³/mol. The molecule has 0 unspecified atom stereocenters. The first-order valence-electron chi connectivity index (χ1n) is 11.6. The highest BCUT2D eigenvalue weighted by atomic mass is 32.2. The van der Waals surface area contributed by atoms with Gasteiger partial charge in [-0.3, -0.25) is 4.79 Å². The molecule has 0 aliphatic heterocycles. The maximum Gasteiger partial charge on any atom is 0.279 e. The average molecular weight is 538 g/mol. The number of fused-ring (bicyclic) bond motifs is 1. The fraction of sp³-hybridized carbons (Fsp3) is 0.417. The summed E-state index contributed by atoms with van der Waals surface area (Å²) >= 11 is 1.25. The third-order valence-electron chi connectivity index (χ3n) is 5.58.